The van der Waals surface area contributed by atoms with Gasteiger partial charge in [-0.25, -0.2) is 4.39 Å². The van der Waals surface area contributed by atoms with Crippen molar-refractivity contribution in [1.29, 1.82) is 0 Å². The second kappa shape index (κ2) is 9.44. The molecule has 0 saturated heterocycles. The van der Waals surface area contributed by atoms with Gasteiger partial charge in [0.2, 0.25) is 5.75 Å². The first-order chi connectivity index (χ1) is 13.4. The molecule has 0 aliphatic heterocycles. The van der Waals surface area contributed by atoms with E-state index < -0.39 is 5.82 Å². The van der Waals surface area contributed by atoms with Crippen LogP contribution in [0.3, 0.4) is 0 Å². The zero-order valence-corrected chi connectivity index (χ0v) is 18.1. The van der Waals surface area contributed by atoms with Gasteiger partial charge in [-0.3, -0.25) is 0 Å². The number of halogens is 3. The molecule has 0 saturated carbocycles. The number of hydrogen-bond acceptors (Lipinski definition) is 2. The van der Waals surface area contributed by atoms with E-state index in [2.05, 4.69) is 22.9 Å². The molecule has 3 aromatic rings. The lowest BCUT2D eigenvalue weighted by molar-refractivity contribution is 0.246. The minimum atomic E-state index is -0.450. The van der Waals surface area contributed by atoms with Gasteiger partial charge >= 0.3 is 0 Å². The predicted molar refractivity (Wildman–Crippen MR) is 115 cm³/mol. The summed E-state index contributed by atoms with van der Waals surface area (Å²) in [6.45, 7) is 4.43. The highest BCUT2D eigenvalue weighted by molar-refractivity contribution is 9.10. The van der Waals surface area contributed by atoms with Gasteiger partial charge in [0.25, 0.3) is 0 Å². The van der Waals surface area contributed by atoms with Crippen LogP contribution in [0.25, 0.3) is 0 Å². The van der Waals surface area contributed by atoms with E-state index in [1.165, 1.54) is 11.6 Å². The Labute approximate surface area is 178 Å². The van der Waals surface area contributed by atoms with Crippen molar-refractivity contribution >= 4 is 27.5 Å². The average Bonchev–Trinajstić information content (AvgIpc) is 2.68. The van der Waals surface area contributed by atoms with Gasteiger partial charge in [0.05, 0.1) is 6.61 Å². The predicted octanol–water partition coefficient (Wildman–Crippen LogP) is 7.60. The van der Waals surface area contributed by atoms with Gasteiger partial charge in [0.1, 0.15) is 5.75 Å². The molecule has 0 amide bonds. The summed E-state index contributed by atoms with van der Waals surface area (Å²) in [5, 5.41) is 0.720. The van der Waals surface area contributed by atoms with E-state index in [0.717, 1.165) is 21.5 Å². The van der Waals surface area contributed by atoms with Crippen LogP contribution in [0.2, 0.25) is 5.02 Å². The summed E-state index contributed by atoms with van der Waals surface area (Å²) in [5.41, 5.74) is 2.01. The quantitative estimate of drug-likeness (QED) is 0.359. The van der Waals surface area contributed by atoms with Crippen LogP contribution < -0.4 is 9.47 Å². The first-order valence-corrected chi connectivity index (χ1v) is 10.2. The van der Waals surface area contributed by atoms with Crippen LogP contribution in [-0.2, 0) is 6.42 Å². The summed E-state index contributed by atoms with van der Waals surface area (Å²) < 4.78 is 27.2. The van der Waals surface area contributed by atoms with Crippen LogP contribution in [-0.4, -0.2) is 6.61 Å². The molecule has 0 aliphatic carbocycles. The van der Waals surface area contributed by atoms with Crippen LogP contribution in [0.15, 0.2) is 65.1 Å². The van der Waals surface area contributed by atoms with Gasteiger partial charge in [-0.05, 0) is 72.9 Å². The summed E-state index contributed by atoms with van der Waals surface area (Å²) in [6.07, 6.45) is 0.842. The minimum Gasteiger partial charge on any atom is -0.489 e. The monoisotopic (exact) mass is 462 g/mol. The number of ether oxygens (including phenoxy) is 2. The first kappa shape index (κ1) is 20.7. The normalized spacial score (nSPS) is 11.9. The van der Waals surface area contributed by atoms with Crippen LogP contribution in [0.4, 0.5) is 4.39 Å². The number of benzene rings is 3. The molecule has 0 fully saturated rings. The maximum atomic E-state index is 14.5. The number of aryl methyl sites for hydroxylation is 1. The lowest BCUT2D eigenvalue weighted by Gasteiger charge is -2.18. The van der Waals surface area contributed by atoms with Crippen molar-refractivity contribution in [2.45, 2.75) is 20.3 Å². The first-order valence-electron chi connectivity index (χ1n) is 9.02. The standard InChI is InChI=1S/C23H21BrClFO2/c1-15(13-17-4-8-19(25)9-5-17)14-27-22-16(2)3-12-21(26)23(22)28-20-10-6-18(24)7-11-20/h3-12,15H,13-14H2,1-2H3. The molecule has 5 heteroatoms. The van der Waals surface area contributed by atoms with Crippen LogP contribution in [0, 0.1) is 18.7 Å². The van der Waals surface area contributed by atoms with E-state index in [0.29, 0.717) is 18.1 Å². The van der Waals surface area contributed by atoms with E-state index in [1.807, 2.05) is 43.3 Å². The Hall–Kier alpha value is -2.04. The molecular weight excluding hydrogens is 443 g/mol. The van der Waals surface area contributed by atoms with Gasteiger partial charge in [0.15, 0.2) is 11.6 Å². The molecule has 3 aromatic carbocycles. The fraction of sp³-hybridized carbons (Fsp3) is 0.217. The summed E-state index contributed by atoms with van der Waals surface area (Å²) in [4.78, 5) is 0. The van der Waals surface area contributed by atoms with E-state index in [9.17, 15) is 4.39 Å². The summed E-state index contributed by atoms with van der Waals surface area (Å²) in [7, 11) is 0. The molecule has 0 spiro atoms. The van der Waals surface area contributed by atoms with Crippen LogP contribution in [0.1, 0.15) is 18.1 Å². The van der Waals surface area contributed by atoms with E-state index >= 15 is 0 Å². The third-order valence-electron chi connectivity index (χ3n) is 4.30. The lowest BCUT2D eigenvalue weighted by Crippen LogP contribution is -2.12. The van der Waals surface area contributed by atoms with Gasteiger partial charge in [-0.15, -0.1) is 0 Å². The number of hydrogen-bond donors (Lipinski definition) is 0. The van der Waals surface area contributed by atoms with Gasteiger partial charge in [0, 0.05) is 9.50 Å². The fourth-order valence-corrected chi connectivity index (χ4v) is 3.23. The molecule has 0 aliphatic rings. The summed E-state index contributed by atoms with van der Waals surface area (Å²) in [5.74, 6) is 0.886. The zero-order chi connectivity index (χ0) is 20.1. The SMILES string of the molecule is Cc1ccc(F)c(Oc2ccc(Br)cc2)c1OCC(C)Cc1ccc(Cl)cc1. The Morgan fingerprint density at radius 1 is 0.964 bits per heavy atom. The summed E-state index contributed by atoms with van der Waals surface area (Å²) >= 11 is 9.32. The van der Waals surface area contributed by atoms with E-state index in [4.69, 9.17) is 21.1 Å². The van der Waals surface area contributed by atoms with E-state index in [-0.39, 0.29) is 11.7 Å². The van der Waals surface area contributed by atoms with Crippen molar-refractivity contribution in [3.05, 3.63) is 87.1 Å². The molecule has 1 atom stereocenters. The van der Waals surface area contributed by atoms with Crippen molar-refractivity contribution in [1.82, 2.24) is 0 Å². The van der Waals surface area contributed by atoms with E-state index in [1.54, 1.807) is 18.2 Å². The lowest BCUT2D eigenvalue weighted by atomic mass is 10.0. The van der Waals surface area contributed by atoms with Crippen molar-refractivity contribution in [2.24, 2.45) is 5.92 Å². The second-order valence-electron chi connectivity index (χ2n) is 6.83. The Morgan fingerprint density at radius 2 is 1.64 bits per heavy atom. The molecule has 28 heavy (non-hydrogen) atoms. The average molecular weight is 464 g/mol. The molecule has 0 aromatic heterocycles. The van der Waals surface area contributed by atoms with Crippen molar-refractivity contribution in [3.8, 4) is 17.2 Å². The largest absolute Gasteiger partial charge is 0.489 e. The third-order valence-corrected chi connectivity index (χ3v) is 5.08. The number of rotatable bonds is 7. The maximum Gasteiger partial charge on any atom is 0.205 e. The van der Waals surface area contributed by atoms with Gasteiger partial charge in [-0.1, -0.05) is 52.7 Å². The smallest absolute Gasteiger partial charge is 0.205 e. The van der Waals surface area contributed by atoms with Crippen molar-refractivity contribution < 1.29 is 13.9 Å². The zero-order valence-electron chi connectivity index (χ0n) is 15.7. The Morgan fingerprint density at radius 3 is 2.32 bits per heavy atom. The van der Waals surface area contributed by atoms with Crippen molar-refractivity contribution in [3.63, 3.8) is 0 Å². The third kappa shape index (κ3) is 5.49. The summed E-state index contributed by atoms with van der Waals surface area (Å²) in [6, 6.07) is 18.1. The highest BCUT2D eigenvalue weighted by Crippen LogP contribution is 2.37. The molecule has 0 heterocycles. The Balaban J connectivity index is 1.72. The van der Waals surface area contributed by atoms with Gasteiger partial charge in [-0.2, -0.15) is 0 Å². The van der Waals surface area contributed by atoms with Gasteiger partial charge < -0.3 is 9.47 Å². The molecular formula is C23H21BrClFO2. The minimum absolute atomic E-state index is 0.112. The van der Waals surface area contributed by atoms with Crippen LogP contribution >= 0.6 is 27.5 Å². The molecule has 2 nitrogen and oxygen atoms in total. The molecule has 1 unspecified atom stereocenters. The van der Waals surface area contributed by atoms with Crippen LogP contribution in [0.5, 0.6) is 17.2 Å². The molecule has 0 radical (unpaired) electrons. The fourth-order valence-electron chi connectivity index (χ4n) is 2.84. The highest BCUT2D eigenvalue weighted by Gasteiger charge is 2.17. The second-order valence-corrected chi connectivity index (χ2v) is 8.18. The highest BCUT2D eigenvalue weighted by atomic mass is 79.9. The maximum absolute atomic E-state index is 14.5. The van der Waals surface area contributed by atoms with Crippen molar-refractivity contribution in [2.75, 3.05) is 6.61 Å². The molecule has 146 valence electrons. The Bertz CT molecular complexity index is 927. The Kier molecular flexibility index (Phi) is 6.97. The molecule has 0 bridgehead atoms. The molecule has 3 rings (SSSR count). The molecule has 0 N–H and O–H groups in total. The topological polar surface area (TPSA) is 18.5 Å².